The summed E-state index contributed by atoms with van der Waals surface area (Å²) in [6.45, 7) is 4.61. The third-order valence-corrected chi connectivity index (χ3v) is 3.21. The Kier molecular flexibility index (Phi) is 2.99. The zero-order valence-electron chi connectivity index (χ0n) is 9.94. The zero-order chi connectivity index (χ0) is 11.6. The van der Waals surface area contributed by atoms with E-state index in [1.54, 1.807) is 12.3 Å². The van der Waals surface area contributed by atoms with Crippen LogP contribution in [0.1, 0.15) is 39.5 Å². The third-order valence-electron chi connectivity index (χ3n) is 3.21. The van der Waals surface area contributed by atoms with E-state index in [1.165, 1.54) is 12.8 Å². The Hall–Kier alpha value is -1.32. The lowest BCUT2D eigenvalue weighted by molar-refractivity contribution is 0.0908. The standard InChI is InChI=1S/C12H19N3O/c1-12(2)6-3-9(4-7-12)16-11-14-8-5-10(13)15-11/h5,8-9H,3-4,6-7H2,1-2H3,(H2,13,14,15). The van der Waals surface area contributed by atoms with Crippen LogP contribution in [-0.2, 0) is 0 Å². The smallest absolute Gasteiger partial charge is 0.318 e. The normalized spacial score (nSPS) is 20.6. The molecule has 0 spiro atoms. The number of nitrogen functional groups attached to an aromatic ring is 1. The first-order valence-corrected chi connectivity index (χ1v) is 5.80. The Morgan fingerprint density at radius 3 is 2.69 bits per heavy atom. The summed E-state index contributed by atoms with van der Waals surface area (Å²) in [5.41, 5.74) is 6.03. The number of anilines is 1. The van der Waals surface area contributed by atoms with Crippen molar-refractivity contribution in [2.75, 3.05) is 5.73 Å². The van der Waals surface area contributed by atoms with Gasteiger partial charge in [0.2, 0.25) is 0 Å². The number of hydrogen-bond donors (Lipinski definition) is 1. The number of nitrogens with zero attached hydrogens (tertiary/aromatic N) is 2. The highest BCUT2D eigenvalue weighted by Crippen LogP contribution is 2.36. The summed E-state index contributed by atoms with van der Waals surface area (Å²) in [5, 5.41) is 0. The Bertz CT molecular complexity index is 355. The quantitative estimate of drug-likeness (QED) is 0.833. The van der Waals surface area contributed by atoms with Gasteiger partial charge in [0.25, 0.3) is 0 Å². The molecule has 1 aromatic rings. The Morgan fingerprint density at radius 2 is 2.06 bits per heavy atom. The molecule has 0 amide bonds. The van der Waals surface area contributed by atoms with E-state index in [0.29, 0.717) is 17.2 Å². The fraction of sp³-hybridized carbons (Fsp3) is 0.667. The summed E-state index contributed by atoms with van der Waals surface area (Å²) < 4.78 is 5.73. The van der Waals surface area contributed by atoms with Gasteiger partial charge in [-0.25, -0.2) is 4.98 Å². The van der Waals surface area contributed by atoms with E-state index in [0.717, 1.165) is 12.8 Å². The highest BCUT2D eigenvalue weighted by atomic mass is 16.5. The van der Waals surface area contributed by atoms with E-state index >= 15 is 0 Å². The number of nitrogens with two attached hydrogens (primary N) is 1. The maximum Gasteiger partial charge on any atom is 0.318 e. The van der Waals surface area contributed by atoms with E-state index in [-0.39, 0.29) is 6.10 Å². The molecule has 2 rings (SSSR count). The van der Waals surface area contributed by atoms with Crippen molar-refractivity contribution in [3.8, 4) is 6.01 Å². The van der Waals surface area contributed by atoms with E-state index in [9.17, 15) is 0 Å². The maximum atomic E-state index is 5.73. The molecular weight excluding hydrogens is 202 g/mol. The lowest BCUT2D eigenvalue weighted by Crippen LogP contribution is -2.28. The molecule has 0 atom stereocenters. The minimum Gasteiger partial charge on any atom is -0.460 e. The highest BCUT2D eigenvalue weighted by Gasteiger charge is 2.28. The van der Waals surface area contributed by atoms with Gasteiger partial charge >= 0.3 is 6.01 Å². The predicted molar refractivity (Wildman–Crippen MR) is 63.1 cm³/mol. The van der Waals surface area contributed by atoms with Crippen molar-refractivity contribution in [1.29, 1.82) is 0 Å². The van der Waals surface area contributed by atoms with Gasteiger partial charge in [-0.2, -0.15) is 4.98 Å². The molecule has 0 radical (unpaired) electrons. The summed E-state index contributed by atoms with van der Waals surface area (Å²) in [7, 11) is 0. The summed E-state index contributed by atoms with van der Waals surface area (Å²) in [6.07, 6.45) is 6.41. The van der Waals surface area contributed by atoms with E-state index in [4.69, 9.17) is 10.5 Å². The number of ether oxygens (including phenoxy) is 1. The van der Waals surface area contributed by atoms with Gasteiger partial charge in [-0.1, -0.05) is 13.8 Å². The topological polar surface area (TPSA) is 61.0 Å². The average Bonchev–Trinajstić information content (AvgIpc) is 2.21. The summed E-state index contributed by atoms with van der Waals surface area (Å²) in [4.78, 5) is 8.10. The molecule has 0 aromatic carbocycles. The van der Waals surface area contributed by atoms with E-state index in [2.05, 4.69) is 23.8 Å². The van der Waals surface area contributed by atoms with Crippen molar-refractivity contribution in [3.63, 3.8) is 0 Å². The van der Waals surface area contributed by atoms with Crippen LogP contribution in [0.5, 0.6) is 6.01 Å². The van der Waals surface area contributed by atoms with Crippen LogP contribution in [0.4, 0.5) is 5.82 Å². The van der Waals surface area contributed by atoms with Crippen LogP contribution in [0.25, 0.3) is 0 Å². The largest absolute Gasteiger partial charge is 0.460 e. The molecule has 0 bridgehead atoms. The first kappa shape index (κ1) is 11.2. The molecule has 1 aliphatic rings. The monoisotopic (exact) mass is 221 g/mol. The molecule has 4 nitrogen and oxygen atoms in total. The van der Waals surface area contributed by atoms with Gasteiger partial charge < -0.3 is 10.5 Å². The predicted octanol–water partition coefficient (Wildman–Crippen LogP) is 2.41. The number of aromatic nitrogens is 2. The van der Waals surface area contributed by atoms with Crippen molar-refractivity contribution >= 4 is 5.82 Å². The van der Waals surface area contributed by atoms with Crippen LogP contribution in [0.2, 0.25) is 0 Å². The molecule has 16 heavy (non-hydrogen) atoms. The van der Waals surface area contributed by atoms with Crippen LogP contribution >= 0.6 is 0 Å². The second-order valence-electron chi connectivity index (χ2n) is 5.25. The van der Waals surface area contributed by atoms with Crippen molar-refractivity contribution in [2.45, 2.75) is 45.6 Å². The third kappa shape index (κ3) is 2.84. The molecule has 2 N–H and O–H groups in total. The molecule has 0 saturated heterocycles. The first-order valence-electron chi connectivity index (χ1n) is 5.80. The fourth-order valence-electron chi connectivity index (χ4n) is 2.05. The van der Waals surface area contributed by atoms with Crippen LogP contribution < -0.4 is 10.5 Å². The molecule has 88 valence electrons. The van der Waals surface area contributed by atoms with Crippen molar-refractivity contribution < 1.29 is 4.74 Å². The van der Waals surface area contributed by atoms with Gasteiger partial charge in [0.15, 0.2) is 0 Å². The average molecular weight is 221 g/mol. The minimum absolute atomic E-state index is 0.245. The Labute approximate surface area is 96.2 Å². The molecule has 0 aliphatic heterocycles. The van der Waals surface area contributed by atoms with Gasteiger partial charge in [0, 0.05) is 6.20 Å². The summed E-state index contributed by atoms with van der Waals surface area (Å²) in [5.74, 6) is 0.459. The first-order chi connectivity index (χ1) is 7.55. The minimum atomic E-state index is 0.245. The van der Waals surface area contributed by atoms with Crippen LogP contribution in [0, 0.1) is 5.41 Å². The van der Waals surface area contributed by atoms with Crippen LogP contribution in [-0.4, -0.2) is 16.1 Å². The van der Waals surface area contributed by atoms with Crippen molar-refractivity contribution in [1.82, 2.24) is 9.97 Å². The second kappa shape index (κ2) is 4.28. The summed E-state index contributed by atoms with van der Waals surface area (Å²) >= 11 is 0. The second-order valence-corrected chi connectivity index (χ2v) is 5.25. The van der Waals surface area contributed by atoms with Crippen LogP contribution in [0.3, 0.4) is 0 Å². The fourth-order valence-corrected chi connectivity index (χ4v) is 2.05. The zero-order valence-corrected chi connectivity index (χ0v) is 9.94. The maximum absolute atomic E-state index is 5.73. The molecule has 4 heteroatoms. The summed E-state index contributed by atoms with van der Waals surface area (Å²) in [6, 6.07) is 2.07. The van der Waals surface area contributed by atoms with Crippen molar-refractivity contribution in [3.05, 3.63) is 12.3 Å². The van der Waals surface area contributed by atoms with Gasteiger partial charge in [-0.05, 0) is 37.2 Å². The van der Waals surface area contributed by atoms with Gasteiger partial charge in [0.1, 0.15) is 11.9 Å². The van der Waals surface area contributed by atoms with Crippen LogP contribution in [0.15, 0.2) is 12.3 Å². The van der Waals surface area contributed by atoms with E-state index in [1.807, 2.05) is 0 Å². The lowest BCUT2D eigenvalue weighted by Gasteiger charge is -2.33. The molecule has 1 aromatic heterocycles. The van der Waals surface area contributed by atoms with Gasteiger partial charge in [-0.15, -0.1) is 0 Å². The number of hydrogen-bond acceptors (Lipinski definition) is 4. The van der Waals surface area contributed by atoms with Gasteiger partial charge in [0.05, 0.1) is 0 Å². The molecule has 1 saturated carbocycles. The lowest BCUT2D eigenvalue weighted by atomic mass is 9.76. The molecule has 1 heterocycles. The van der Waals surface area contributed by atoms with Crippen molar-refractivity contribution in [2.24, 2.45) is 5.41 Å². The molecule has 0 unspecified atom stereocenters. The molecule has 1 aliphatic carbocycles. The molecular formula is C12H19N3O. The van der Waals surface area contributed by atoms with E-state index < -0.39 is 0 Å². The Balaban J connectivity index is 1.92. The number of rotatable bonds is 2. The SMILES string of the molecule is CC1(C)CCC(Oc2nccc(N)n2)CC1. The molecule has 1 fully saturated rings. The Morgan fingerprint density at radius 1 is 1.38 bits per heavy atom. The highest BCUT2D eigenvalue weighted by molar-refractivity contribution is 5.26. The van der Waals surface area contributed by atoms with Gasteiger partial charge in [-0.3, -0.25) is 0 Å².